The minimum atomic E-state index is 0.117. The number of hydrogen-bond acceptors (Lipinski definition) is 2. The molecule has 1 aromatic carbocycles. The molecule has 1 fully saturated rings. The summed E-state index contributed by atoms with van der Waals surface area (Å²) in [5, 5.41) is 3.10. The van der Waals surface area contributed by atoms with Crippen molar-refractivity contribution in [3.8, 4) is 11.3 Å². The third-order valence-electron chi connectivity index (χ3n) is 4.45. The number of carbonyl (C=O) groups is 1. The van der Waals surface area contributed by atoms with Crippen LogP contribution >= 0.6 is 15.9 Å². The van der Waals surface area contributed by atoms with E-state index < -0.39 is 0 Å². The van der Waals surface area contributed by atoms with Crippen LogP contribution in [0.2, 0.25) is 0 Å². The van der Waals surface area contributed by atoms with E-state index in [4.69, 9.17) is 4.42 Å². The van der Waals surface area contributed by atoms with E-state index in [0.717, 1.165) is 26.5 Å². The Labute approximate surface area is 151 Å². The molecular formula is C19H24BrN2O2+. The van der Waals surface area contributed by atoms with E-state index in [9.17, 15) is 4.79 Å². The molecular weight excluding hydrogens is 368 g/mol. The molecule has 5 heteroatoms. The molecule has 1 heterocycles. The summed E-state index contributed by atoms with van der Waals surface area (Å²) in [5.41, 5.74) is 1.05. The molecule has 1 unspecified atom stereocenters. The lowest BCUT2D eigenvalue weighted by Gasteiger charge is -2.16. The first-order valence-corrected chi connectivity index (χ1v) is 9.26. The normalized spacial score (nSPS) is 16.6. The molecule has 4 nitrogen and oxygen atoms in total. The number of carbonyl (C=O) groups excluding carboxylic acids is 1. The third kappa shape index (κ3) is 4.71. The highest BCUT2D eigenvalue weighted by molar-refractivity contribution is 9.10. The van der Waals surface area contributed by atoms with Crippen molar-refractivity contribution in [3.63, 3.8) is 0 Å². The molecule has 0 radical (unpaired) electrons. The molecule has 2 N–H and O–H groups in total. The van der Waals surface area contributed by atoms with E-state index in [1.54, 1.807) is 0 Å². The summed E-state index contributed by atoms with van der Waals surface area (Å²) >= 11 is 3.44. The first-order chi connectivity index (χ1) is 11.5. The fourth-order valence-corrected chi connectivity index (χ4v) is 3.16. The predicted molar refractivity (Wildman–Crippen MR) is 97.6 cm³/mol. The predicted octanol–water partition coefficient (Wildman–Crippen LogP) is 2.64. The second-order valence-electron chi connectivity index (χ2n) is 6.78. The molecule has 1 aliphatic carbocycles. The average Bonchev–Trinajstić information content (AvgIpc) is 3.28. The number of halogens is 1. The lowest BCUT2D eigenvalue weighted by Crippen LogP contribution is -3.08. The standard InChI is InChI=1S/C19H23BrN2O2/c1-13(14-3-4-14)21-19(23)12-22(2)11-17-9-10-18(24-17)15-5-7-16(20)8-6-15/h5-10,13-14H,3-4,11-12H2,1-2H3,(H,21,23)/p+1/t13-/m1/s1. The van der Waals surface area contributed by atoms with Crippen molar-refractivity contribution in [2.24, 2.45) is 5.92 Å². The number of benzene rings is 1. The van der Waals surface area contributed by atoms with Gasteiger partial charge in [0.2, 0.25) is 0 Å². The van der Waals surface area contributed by atoms with Crippen LogP contribution in [0, 0.1) is 5.92 Å². The van der Waals surface area contributed by atoms with Crippen molar-refractivity contribution in [1.82, 2.24) is 5.32 Å². The number of nitrogens with one attached hydrogen (secondary N) is 2. The lowest BCUT2D eigenvalue weighted by atomic mass is 10.2. The minimum Gasteiger partial charge on any atom is -0.455 e. The first kappa shape index (κ1) is 17.2. The van der Waals surface area contributed by atoms with Crippen LogP contribution in [0.5, 0.6) is 0 Å². The maximum atomic E-state index is 12.1. The number of quaternary nitrogens is 1. The van der Waals surface area contributed by atoms with Gasteiger partial charge in [-0.2, -0.15) is 0 Å². The van der Waals surface area contributed by atoms with Crippen molar-refractivity contribution in [1.29, 1.82) is 0 Å². The van der Waals surface area contributed by atoms with E-state index in [2.05, 4.69) is 28.2 Å². The second-order valence-corrected chi connectivity index (χ2v) is 7.69. The SMILES string of the molecule is C[C@@H](NC(=O)C[NH+](C)Cc1ccc(-c2ccc(Br)cc2)o1)C1CC1. The van der Waals surface area contributed by atoms with Crippen LogP contribution < -0.4 is 10.2 Å². The Hall–Kier alpha value is -1.59. The van der Waals surface area contributed by atoms with Gasteiger partial charge in [0.25, 0.3) is 5.91 Å². The molecule has 2 aromatic rings. The largest absolute Gasteiger partial charge is 0.455 e. The molecule has 0 spiro atoms. The summed E-state index contributed by atoms with van der Waals surface area (Å²) in [5.74, 6) is 2.56. The van der Waals surface area contributed by atoms with Gasteiger partial charge in [0, 0.05) is 16.1 Å². The Morgan fingerprint density at radius 2 is 2.00 bits per heavy atom. The van der Waals surface area contributed by atoms with Gasteiger partial charge >= 0.3 is 0 Å². The van der Waals surface area contributed by atoms with Crippen molar-refractivity contribution in [2.45, 2.75) is 32.4 Å². The van der Waals surface area contributed by atoms with Crippen LogP contribution in [-0.4, -0.2) is 25.5 Å². The summed E-state index contributed by atoms with van der Waals surface area (Å²) in [6.07, 6.45) is 2.49. The Bertz CT molecular complexity index is 692. The molecule has 0 aliphatic heterocycles. The van der Waals surface area contributed by atoms with Gasteiger partial charge in [-0.3, -0.25) is 4.79 Å². The zero-order valence-electron chi connectivity index (χ0n) is 14.1. The van der Waals surface area contributed by atoms with E-state index in [0.29, 0.717) is 25.0 Å². The fourth-order valence-electron chi connectivity index (χ4n) is 2.90. The molecule has 24 heavy (non-hydrogen) atoms. The summed E-state index contributed by atoms with van der Waals surface area (Å²) in [6.45, 7) is 3.26. The highest BCUT2D eigenvalue weighted by atomic mass is 79.9. The van der Waals surface area contributed by atoms with Gasteiger partial charge in [0.1, 0.15) is 12.3 Å². The first-order valence-electron chi connectivity index (χ1n) is 8.46. The smallest absolute Gasteiger partial charge is 0.275 e. The summed E-state index contributed by atoms with van der Waals surface area (Å²) in [7, 11) is 2.02. The molecule has 128 valence electrons. The van der Waals surface area contributed by atoms with Crippen LogP contribution in [0.15, 0.2) is 45.3 Å². The van der Waals surface area contributed by atoms with Crippen molar-refractivity contribution in [3.05, 3.63) is 46.6 Å². The monoisotopic (exact) mass is 391 g/mol. The van der Waals surface area contributed by atoms with Gasteiger partial charge in [-0.05, 0) is 49.9 Å². The van der Waals surface area contributed by atoms with Crippen molar-refractivity contribution >= 4 is 21.8 Å². The molecule has 1 aliphatic rings. The minimum absolute atomic E-state index is 0.117. The zero-order valence-corrected chi connectivity index (χ0v) is 15.7. The Morgan fingerprint density at radius 3 is 2.67 bits per heavy atom. The van der Waals surface area contributed by atoms with E-state index in [1.807, 2.05) is 43.4 Å². The van der Waals surface area contributed by atoms with Crippen LogP contribution in [0.1, 0.15) is 25.5 Å². The van der Waals surface area contributed by atoms with E-state index >= 15 is 0 Å². The fraction of sp³-hybridized carbons (Fsp3) is 0.421. The molecule has 0 saturated heterocycles. The van der Waals surface area contributed by atoms with Gasteiger partial charge in [-0.25, -0.2) is 0 Å². The lowest BCUT2D eigenvalue weighted by molar-refractivity contribution is -0.886. The van der Waals surface area contributed by atoms with Gasteiger partial charge in [-0.15, -0.1) is 0 Å². The molecule has 0 bridgehead atoms. The van der Waals surface area contributed by atoms with E-state index in [-0.39, 0.29) is 5.91 Å². The summed E-state index contributed by atoms with van der Waals surface area (Å²) in [6, 6.07) is 12.3. The van der Waals surface area contributed by atoms with Crippen LogP contribution in [-0.2, 0) is 11.3 Å². The van der Waals surface area contributed by atoms with Gasteiger partial charge < -0.3 is 14.6 Å². The number of furan rings is 1. The Morgan fingerprint density at radius 1 is 1.29 bits per heavy atom. The number of rotatable bonds is 7. The zero-order chi connectivity index (χ0) is 17.1. The van der Waals surface area contributed by atoms with Gasteiger partial charge in [-0.1, -0.05) is 28.1 Å². The number of amides is 1. The molecule has 1 saturated carbocycles. The third-order valence-corrected chi connectivity index (χ3v) is 4.98. The molecule has 3 rings (SSSR count). The van der Waals surface area contributed by atoms with Gasteiger partial charge in [0.15, 0.2) is 12.3 Å². The topological polar surface area (TPSA) is 46.7 Å². The Balaban J connectivity index is 1.52. The number of likely N-dealkylation sites (N-methyl/N-ethyl adjacent to an activating group) is 1. The molecule has 1 aromatic heterocycles. The van der Waals surface area contributed by atoms with Crippen molar-refractivity contribution < 1.29 is 14.1 Å². The maximum absolute atomic E-state index is 12.1. The van der Waals surface area contributed by atoms with E-state index in [1.165, 1.54) is 12.8 Å². The summed E-state index contributed by atoms with van der Waals surface area (Å²) in [4.78, 5) is 13.2. The van der Waals surface area contributed by atoms with Gasteiger partial charge in [0.05, 0.1) is 7.05 Å². The average molecular weight is 392 g/mol. The maximum Gasteiger partial charge on any atom is 0.275 e. The second kappa shape index (κ2) is 7.53. The number of hydrogen-bond donors (Lipinski definition) is 2. The van der Waals surface area contributed by atoms with Crippen LogP contribution in [0.4, 0.5) is 0 Å². The molecule has 2 atom stereocenters. The highest BCUT2D eigenvalue weighted by Gasteiger charge is 2.29. The van der Waals surface area contributed by atoms with Crippen molar-refractivity contribution in [2.75, 3.05) is 13.6 Å². The highest BCUT2D eigenvalue weighted by Crippen LogP contribution is 2.32. The Kier molecular flexibility index (Phi) is 5.41. The quantitative estimate of drug-likeness (QED) is 0.761. The molecule has 1 amide bonds. The summed E-state index contributed by atoms with van der Waals surface area (Å²) < 4.78 is 6.97. The van der Waals surface area contributed by atoms with Crippen LogP contribution in [0.3, 0.4) is 0 Å². The van der Waals surface area contributed by atoms with Crippen LogP contribution in [0.25, 0.3) is 11.3 Å².